The minimum Gasteiger partial charge on any atom is -0.495 e. The SMILES string of the molecule is COc1ccc(CC(=O)O)cc1S(=O)(=O)N1C[C@@H](O)[C@H](F)C1. The van der Waals surface area contributed by atoms with E-state index in [0.717, 1.165) is 4.31 Å². The summed E-state index contributed by atoms with van der Waals surface area (Å²) in [7, 11) is -2.81. The second-order valence-electron chi connectivity index (χ2n) is 4.96. The molecule has 0 aliphatic carbocycles. The van der Waals surface area contributed by atoms with Crippen molar-refractivity contribution in [2.45, 2.75) is 23.6 Å². The van der Waals surface area contributed by atoms with Crippen LogP contribution >= 0.6 is 0 Å². The summed E-state index contributed by atoms with van der Waals surface area (Å²) < 4.78 is 44.3. The number of hydrogen-bond acceptors (Lipinski definition) is 5. The van der Waals surface area contributed by atoms with Crippen molar-refractivity contribution in [1.29, 1.82) is 0 Å². The third kappa shape index (κ3) is 3.21. The zero-order valence-corrected chi connectivity index (χ0v) is 12.6. The molecule has 1 aromatic carbocycles. The lowest BCUT2D eigenvalue weighted by molar-refractivity contribution is -0.136. The van der Waals surface area contributed by atoms with Gasteiger partial charge in [-0.1, -0.05) is 6.07 Å². The van der Waals surface area contributed by atoms with E-state index in [9.17, 15) is 22.7 Å². The first-order valence-corrected chi connectivity index (χ1v) is 7.90. The number of carboxylic acids is 1. The van der Waals surface area contributed by atoms with Crippen LogP contribution in [0, 0.1) is 0 Å². The Morgan fingerprint density at radius 1 is 1.45 bits per heavy atom. The number of benzene rings is 1. The molecule has 0 spiro atoms. The molecule has 9 heteroatoms. The predicted octanol–water partition coefficient (Wildman–Crippen LogP) is 0.0256. The molecule has 0 saturated carbocycles. The Morgan fingerprint density at radius 2 is 2.14 bits per heavy atom. The Balaban J connectivity index is 2.42. The van der Waals surface area contributed by atoms with E-state index < -0.39 is 34.8 Å². The highest BCUT2D eigenvalue weighted by Gasteiger charge is 2.39. The maximum atomic E-state index is 13.4. The standard InChI is InChI=1S/C13H16FNO6S/c1-21-11-3-2-8(5-13(17)18)4-12(11)22(19,20)15-6-9(14)10(16)7-15/h2-4,9-10,16H,5-7H2,1H3,(H,17,18)/t9-,10-/m1/s1. The first-order chi connectivity index (χ1) is 10.3. The summed E-state index contributed by atoms with van der Waals surface area (Å²) in [6.45, 7) is -0.800. The molecule has 2 N–H and O–H groups in total. The van der Waals surface area contributed by atoms with Crippen molar-refractivity contribution in [3.8, 4) is 5.75 Å². The van der Waals surface area contributed by atoms with Crippen LogP contribution in [0.5, 0.6) is 5.75 Å². The molecule has 2 rings (SSSR count). The average molecular weight is 333 g/mol. The molecule has 1 aromatic rings. The average Bonchev–Trinajstić information content (AvgIpc) is 2.78. The number of sulfonamides is 1. The van der Waals surface area contributed by atoms with Gasteiger partial charge >= 0.3 is 5.97 Å². The number of nitrogens with zero attached hydrogens (tertiary/aromatic N) is 1. The number of halogens is 1. The van der Waals surface area contributed by atoms with Crippen molar-refractivity contribution >= 4 is 16.0 Å². The van der Waals surface area contributed by atoms with Crippen LogP contribution in [0.15, 0.2) is 23.1 Å². The van der Waals surface area contributed by atoms with Crippen LogP contribution in [0.25, 0.3) is 0 Å². The van der Waals surface area contributed by atoms with Crippen LogP contribution in [0.2, 0.25) is 0 Å². The molecule has 1 fully saturated rings. The number of hydrogen-bond donors (Lipinski definition) is 2. The van der Waals surface area contributed by atoms with E-state index in [-0.39, 0.29) is 29.2 Å². The Hall–Kier alpha value is -1.71. The molecule has 0 aromatic heterocycles. The van der Waals surface area contributed by atoms with Crippen LogP contribution in [-0.2, 0) is 21.2 Å². The van der Waals surface area contributed by atoms with Gasteiger partial charge in [0.2, 0.25) is 10.0 Å². The van der Waals surface area contributed by atoms with E-state index in [1.807, 2.05) is 0 Å². The van der Waals surface area contributed by atoms with Gasteiger partial charge in [0, 0.05) is 13.1 Å². The lowest BCUT2D eigenvalue weighted by atomic mass is 10.1. The zero-order valence-electron chi connectivity index (χ0n) is 11.8. The molecule has 1 aliphatic rings. The molecular formula is C13H16FNO6S. The summed E-state index contributed by atoms with van der Waals surface area (Å²) in [5.41, 5.74) is 0.281. The molecule has 2 atom stereocenters. The Bertz CT molecular complexity index is 667. The van der Waals surface area contributed by atoms with Crippen molar-refractivity contribution in [3.63, 3.8) is 0 Å². The molecule has 7 nitrogen and oxygen atoms in total. The number of β-amino-alcohol motifs (C(OH)–C–C–N with tert-alkyl or cyclic N) is 1. The molecule has 0 unspecified atom stereocenters. The Morgan fingerprint density at radius 3 is 2.64 bits per heavy atom. The maximum Gasteiger partial charge on any atom is 0.307 e. The number of methoxy groups -OCH3 is 1. The van der Waals surface area contributed by atoms with Gasteiger partial charge in [-0.3, -0.25) is 4.79 Å². The van der Waals surface area contributed by atoms with Gasteiger partial charge in [0.25, 0.3) is 0 Å². The number of aliphatic carboxylic acids is 1. The minimum atomic E-state index is -4.09. The van der Waals surface area contributed by atoms with Gasteiger partial charge in [-0.2, -0.15) is 4.31 Å². The Kier molecular flexibility index (Phi) is 4.69. The summed E-state index contributed by atoms with van der Waals surface area (Å²) in [5.74, 6) is -1.07. The van der Waals surface area contributed by atoms with E-state index in [1.165, 1.54) is 25.3 Å². The second-order valence-corrected chi connectivity index (χ2v) is 6.87. The molecular weight excluding hydrogens is 317 g/mol. The van der Waals surface area contributed by atoms with Crippen molar-refractivity contribution in [2.75, 3.05) is 20.2 Å². The summed E-state index contributed by atoms with van der Waals surface area (Å²) in [6.07, 6.45) is -3.37. The second kappa shape index (κ2) is 6.19. The number of carbonyl (C=O) groups is 1. The van der Waals surface area contributed by atoms with E-state index in [2.05, 4.69) is 0 Å². The van der Waals surface area contributed by atoms with E-state index in [4.69, 9.17) is 9.84 Å². The number of carboxylic acid groups (broad SMARTS) is 1. The fourth-order valence-electron chi connectivity index (χ4n) is 2.26. The highest BCUT2D eigenvalue weighted by molar-refractivity contribution is 7.89. The van der Waals surface area contributed by atoms with E-state index >= 15 is 0 Å². The predicted molar refractivity (Wildman–Crippen MR) is 74.0 cm³/mol. The summed E-state index contributed by atoms with van der Waals surface area (Å²) in [6, 6.07) is 3.99. The van der Waals surface area contributed by atoms with Gasteiger partial charge in [0.05, 0.1) is 13.5 Å². The fraction of sp³-hybridized carbons (Fsp3) is 0.462. The number of alkyl halides is 1. The van der Waals surface area contributed by atoms with Crippen LogP contribution < -0.4 is 4.74 Å². The highest BCUT2D eigenvalue weighted by Crippen LogP contribution is 2.30. The first-order valence-electron chi connectivity index (χ1n) is 6.46. The number of aliphatic hydroxyl groups is 1. The van der Waals surface area contributed by atoms with Crippen molar-refractivity contribution in [2.24, 2.45) is 0 Å². The van der Waals surface area contributed by atoms with Crippen molar-refractivity contribution in [1.82, 2.24) is 4.31 Å². The van der Waals surface area contributed by atoms with Gasteiger partial charge in [0.1, 0.15) is 22.9 Å². The van der Waals surface area contributed by atoms with E-state index in [0.29, 0.717) is 0 Å². The van der Waals surface area contributed by atoms with Gasteiger partial charge in [0.15, 0.2) is 0 Å². The van der Waals surface area contributed by atoms with Gasteiger partial charge < -0.3 is 14.9 Å². The molecule has 122 valence electrons. The van der Waals surface area contributed by atoms with Crippen LogP contribution in [0.1, 0.15) is 5.56 Å². The molecule has 0 radical (unpaired) electrons. The first kappa shape index (κ1) is 16.7. The third-order valence-electron chi connectivity index (χ3n) is 3.39. The lowest BCUT2D eigenvalue weighted by Gasteiger charge is -2.18. The van der Waals surface area contributed by atoms with Gasteiger partial charge in [-0.25, -0.2) is 12.8 Å². The highest BCUT2D eigenvalue weighted by atomic mass is 32.2. The van der Waals surface area contributed by atoms with Crippen molar-refractivity contribution < 1.29 is 32.6 Å². The largest absolute Gasteiger partial charge is 0.495 e. The fourth-order valence-corrected chi connectivity index (χ4v) is 3.93. The van der Waals surface area contributed by atoms with Crippen molar-refractivity contribution in [3.05, 3.63) is 23.8 Å². The summed E-state index contributed by atoms with van der Waals surface area (Å²) >= 11 is 0. The summed E-state index contributed by atoms with van der Waals surface area (Å²) in [4.78, 5) is 10.5. The third-order valence-corrected chi connectivity index (χ3v) is 5.24. The van der Waals surface area contributed by atoms with Gasteiger partial charge in [-0.05, 0) is 17.7 Å². The smallest absolute Gasteiger partial charge is 0.307 e. The van der Waals surface area contributed by atoms with E-state index in [1.54, 1.807) is 0 Å². The molecule has 1 heterocycles. The molecule has 0 bridgehead atoms. The van der Waals surface area contributed by atoms with Crippen LogP contribution in [-0.4, -0.2) is 61.4 Å². The summed E-state index contributed by atoms with van der Waals surface area (Å²) in [5, 5.41) is 18.2. The normalized spacial score (nSPS) is 22.7. The lowest BCUT2D eigenvalue weighted by Crippen LogP contribution is -2.30. The molecule has 0 amide bonds. The van der Waals surface area contributed by atoms with Crippen LogP contribution in [0.4, 0.5) is 4.39 Å². The maximum absolute atomic E-state index is 13.4. The topological polar surface area (TPSA) is 104 Å². The molecule has 1 aliphatic heterocycles. The number of rotatable bonds is 5. The monoisotopic (exact) mass is 333 g/mol. The molecule has 1 saturated heterocycles. The quantitative estimate of drug-likeness (QED) is 0.787. The minimum absolute atomic E-state index is 0.0333. The number of aliphatic hydroxyl groups excluding tert-OH is 1. The van der Waals surface area contributed by atoms with Crippen LogP contribution in [0.3, 0.4) is 0 Å². The van der Waals surface area contributed by atoms with Gasteiger partial charge in [-0.15, -0.1) is 0 Å². The number of ether oxygens (including phenoxy) is 1. The Labute approximate surface area is 127 Å². The zero-order chi connectivity index (χ0) is 16.5. The molecule has 22 heavy (non-hydrogen) atoms.